The molecule has 1 heterocycles. The lowest BCUT2D eigenvalue weighted by atomic mass is 9.99. The van der Waals surface area contributed by atoms with Crippen LogP contribution in [-0.4, -0.2) is 31.7 Å². The number of halogens is 1. The lowest BCUT2D eigenvalue weighted by molar-refractivity contribution is -0.120. The molecule has 1 atom stereocenters. The van der Waals surface area contributed by atoms with Gasteiger partial charge in [-0.05, 0) is 60.0 Å². The van der Waals surface area contributed by atoms with E-state index in [1.807, 2.05) is 30.3 Å². The van der Waals surface area contributed by atoms with Crippen molar-refractivity contribution in [3.05, 3.63) is 71.8 Å². The molecule has 0 unspecified atom stereocenters. The fraction of sp³-hybridized carbons (Fsp3) is 0.227. The average Bonchev–Trinajstić information content (AvgIpc) is 2.75. The Morgan fingerprint density at radius 3 is 2.48 bits per heavy atom. The third kappa shape index (κ3) is 4.29. The summed E-state index contributed by atoms with van der Waals surface area (Å²) in [6, 6.07) is 19.7. The molecule has 7 heteroatoms. The van der Waals surface area contributed by atoms with Gasteiger partial charge in [0.2, 0.25) is 15.9 Å². The van der Waals surface area contributed by atoms with Gasteiger partial charge in [0.25, 0.3) is 0 Å². The van der Waals surface area contributed by atoms with E-state index >= 15 is 0 Å². The van der Waals surface area contributed by atoms with Gasteiger partial charge in [-0.2, -0.15) is 4.31 Å². The molecule has 29 heavy (non-hydrogen) atoms. The van der Waals surface area contributed by atoms with Gasteiger partial charge in [-0.15, -0.1) is 0 Å². The fourth-order valence-electron chi connectivity index (χ4n) is 3.63. The summed E-state index contributed by atoms with van der Waals surface area (Å²) >= 11 is 5.87. The van der Waals surface area contributed by atoms with Crippen LogP contribution in [0, 0.1) is 5.92 Å². The Kier molecular flexibility index (Phi) is 5.58. The van der Waals surface area contributed by atoms with E-state index in [4.69, 9.17) is 11.6 Å². The molecular formula is C22H21ClN2O3S. The zero-order valence-corrected chi connectivity index (χ0v) is 17.3. The Morgan fingerprint density at radius 2 is 1.72 bits per heavy atom. The van der Waals surface area contributed by atoms with Gasteiger partial charge in [0.05, 0.1) is 10.8 Å². The molecule has 3 aromatic rings. The number of carbonyl (C=O) groups is 1. The lowest BCUT2D eigenvalue weighted by Gasteiger charge is -2.31. The monoisotopic (exact) mass is 428 g/mol. The van der Waals surface area contributed by atoms with Crippen molar-refractivity contribution in [3.8, 4) is 0 Å². The van der Waals surface area contributed by atoms with Crippen LogP contribution in [0.3, 0.4) is 0 Å². The standard InChI is InChI=1S/C22H21ClN2O3S/c23-19-8-10-20(11-9-19)24-22(26)18-6-3-13-25(15-18)29(27,28)21-12-7-16-4-1-2-5-17(16)14-21/h1-2,4-5,7-12,14,18H,3,6,13,15H2,(H,24,26)/t18-/m0/s1. The quantitative estimate of drug-likeness (QED) is 0.663. The zero-order chi connectivity index (χ0) is 20.4. The summed E-state index contributed by atoms with van der Waals surface area (Å²) < 4.78 is 27.8. The average molecular weight is 429 g/mol. The molecule has 0 spiro atoms. The SMILES string of the molecule is O=C(Nc1ccc(Cl)cc1)[C@H]1CCCN(S(=O)(=O)c2ccc3ccccc3c2)C1. The van der Waals surface area contributed by atoms with E-state index in [2.05, 4.69) is 5.32 Å². The number of sulfonamides is 1. The summed E-state index contributed by atoms with van der Waals surface area (Å²) in [6.07, 6.45) is 1.30. The van der Waals surface area contributed by atoms with E-state index in [0.717, 1.165) is 10.8 Å². The highest BCUT2D eigenvalue weighted by Crippen LogP contribution is 2.27. The minimum Gasteiger partial charge on any atom is -0.326 e. The predicted molar refractivity (Wildman–Crippen MR) is 116 cm³/mol. The Hall–Kier alpha value is -2.41. The first-order valence-electron chi connectivity index (χ1n) is 9.49. The van der Waals surface area contributed by atoms with Gasteiger partial charge >= 0.3 is 0 Å². The number of anilines is 1. The van der Waals surface area contributed by atoms with Crippen molar-refractivity contribution in [1.29, 1.82) is 0 Å². The summed E-state index contributed by atoms with van der Waals surface area (Å²) in [5.74, 6) is -0.569. The molecule has 0 aromatic heterocycles. The number of hydrogen-bond donors (Lipinski definition) is 1. The highest BCUT2D eigenvalue weighted by atomic mass is 35.5. The molecule has 0 aliphatic carbocycles. The molecule has 1 amide bonds. The number of nitrogens with one attached hydrogen (secondary N) is 1. The van der Waals surface area contributed by atoms with Crippen LogP contribution < -0.4 is 5.32 Å². The minimum absolute atomic E-state index is 0.175. The molecular weight excluding hydrogens is 408 g/mol. The van der Waals surface area contributed by atoms with Crippen molar-refractivity contribution in [1.82, 2.24) is 4.31 Å². The van der Waals surface area contributed by atoms with Gasteiger partial charge in [0.1, 0.15) is 0 Å². The molecule has 1 saturated heterocycles. The first-order chi connectivity index (χ1) is 13.9. The second kappa shape index (κ2) is 8.14. The molecule has 5 nitrogen and oxygen atoms in total. The second-order valence-corrected chi connectivity index (χ2v) is 9.58. The van der Waals surface area contributed by atoms with E-state index in [-0.39, 0.29) is 17.3 Å². The summed E-state index contributed by atoms with van der Waals surface area (Å²) in [5, 5.41) is 5.32. The van der Waals surface area contributed by atoms with Gasteiger partial charge < -0.3 is 5.32 Å². The van der Waals surface area contributed by atoms with Crippen LogP contribution in [0.4, 0.5) is 5.69 Å². The molecule has 0 saturated carbocycles. The first kappa shape index (κ1) is 19.9. The number of rotatable bonds is 4. The van der Waals surface area contributed by atoms with E-state index < -0.39 is 15.9 Å². The number of piperidine rings is 1. The van der Waals surface area contributed by atoms with E-state index in [1.165, 1.54) is 4.31 Å². The van der Waals surface area contributed by atoms with E-state index in [0.29, 0.717) is 30.1 Å². The third-order valence-corrected chi connectivity index (χ3v) is 7.34. The van der Waals surface area contributed by atoms with E-state index in [9.17, 15) is 13.2 Å². The van der Waals surface area contributed by atoms with Crippen LogP contribution >= 0.6 is 11.6 Å². The summed E-state index contributed by atoms with van der Waals surface area (Å²) in [4.78, 5) is 12.9. The number of benzene rings is 3. The van der Waals surface area contributed by atoms with Gasteiger partial charge in [-0.1, -0.05) is 41.9 Å². The number of fused-ring (bicyclic) bond motifs is 1. The molecule has 1 fully saturated rings. The van der Waals surface area contributed by atoms with Crippen LogP contribution in [0.25, 0.3) is 10.8 Å². The summed E-state index contributed by atoms with van der Waals surface area (Å²) in [7, 11) is -3.66. The molecule has 0 radical (unpaired) electrons. The van der Waals surface area contributed by atoms with Crippen LogP contribution in [0.2, 0.25) is 5.02 Å². The number of amides is 1. The van der Waals surface area contributed by atoms with Crippen molar-refractivity contribution < 1.29 is 13.2 Å². The molecule has 1 aliphatic heterocycles. The minimum atomic E-state index is -3.66. The van der Waals surface area contributed by atoms with E-state index in [1.54, 1.807) is 36.4 Å². The van der Waals surface area contributed by atoms with Crippen molar-refractivity contribution >= 4 is 44.0 Å². The molecule has 1 aliphatic rings. The number of nitrogens with zero attached hydrogens (tertiary/aromatic N) is 1. The van der Waals surface area contributed by atoms with Gasteiger partial charge in [0, 0.05) is 23.8 Å². The largest absolute Gasteiger partial charge is 0.326 e. The summed E-state index contributed by atoms with van der Waals surface area (Å²) in [6.45, 7) is 0.592. The highest BCUT2D eigenvalue weighted by molar-refractivity contribution is 7.89. The zero-order valence-electron chi connectivity index (χ0n) is 15.7. The smallest absolute Gasteiger partial charge is 0.243 e. The maximum Gasteiger partial charge on any atom is 0.243 e. The van der Waals surface area contributed by atoms with Crippen molar-refractivity contribution in [2.24, 2.45) is 5.92 Å². The van der Waals surface area contributed by atoms with Gasteiger partial charge in [0.15, 0.2) is 0 Å². The highest BCUT2D eigenvalue weighted by Gasteiger charge is 2.33. The predicted octanol–water partition coefficient (Wildman–Crippen LogP) is 4.53. The number of hydrogen-bond acceptors (Lipinski definition) is 3. The Balaban J connectivity index is 1.51. The maximum atomic E-state index is 13.2. The third-order valence-electron chi connectivity index (χ3n) is 5.23. The second-order valence-electron chi connectivity index (χ2n) is 7.21. The molecule has 1 N–H and O–H groups in total. The maximum absolute atomic E-state index is 13.2. The fourth-order valence-corrected chi connectivity index (χ4v) is 5.31. The summed E-state index contributed by atoms with van der Waals surface area (Å²) in [5.41, 5.74) is 0.647. The molecule has 4 rings (SSSR count). The molecule has 150 valence electrons. The Labute approximate surface area is 175 Å². The Bertz CT molecular complexity index is 1150. The van der Waals surface area contributed by atoms with Crippen molar-refractivity contribution in [2.45, 2.75) is 17.7 Å². The lowest BCUT2D eigenvalue weighted by Crippen LogP contribution is -2.43. The van der Waals surface area contributed by atoms with Crippen LogP contribution in [0.5, 0.6) is 0 Å². The Morgan fingerprint density at radius 1 is 1.00 bits per heavy atom. The van der Waals surface area contributed by atoms with Crippen LogP contribution in [0.1, 0.15) is 12.8 Å². The van der Waals surface area contributed by atoms with Gasteiger partial charge in [-0.25, -0.2) is 8.42 Å². The number of carbonyl (C=O) groups excluding carboxylic acids is 1. The van der Waals surface area contributed by atoms with Crippen LogP contribution in [-0.2, 0) is 14.8 Å². The van der Waals surface area contributed by atoms with Crippen molar-refractivity contribution in [3.63, 3.8) is 0 Å². The van der Waals surface area contributed by atoms with Crippen molar-refractivity contribution in [2.75, 3.05) is 18.4 Å². The van der Waals surface area contributed by atoms with Gasteiger partial charge in [-0.3, -0.25) is 4.79 Å². The first-order valence-corrected chi connectivity index (χ1v) is 11.3. The molecule has 0 bridgehead atoms. The van der Waals surface area contributed by atoms with Crippen LogP contribution in [0.15, 0.2) is 71.6 Å². The molecule has 3 aromatic carbocycles. The normalized spacial score (nSPS) is 17.9. The topological polar surface area (TPSA) is 66.5 Å².